The summed E-state index contributed by atoms with van der Waals surface area (Å²) in [5, 5.41) is 3.19. The SMILES string of the molecule is CN1CCN=C1NCCOc1ccc(S(C)(=O)=O)cc1. The monoisotopic (exact) mass is 297 g/mol. The summed E-state index contributed by atoms with van der Waals surface area (Å²) in [5.74, 6) is 1.54. The number of sulfone groups is 1. The average Bonchev–Trinajstić information content (AvgIpc) is 2.80. The first kappa shape index (κ1) is 14.6. The minimum atomic E-state index is -3.15. The van der Waals surface area contributed by atoms with Crippen LogP contribution in [0.25, 0.3) is 0 Å². The summed E-state index contributed by atoms with van der Waals surface area (Å²) in [7, 11) is -1.16. The van der Waals surface area contributed by atoms with E-state index in [9.17, 15) is 8.42 Å². The summed E-state index contributed by atoms with van der Waals surface area (Å²) in [5.41, 5.74) is 0. The van der Waals surface area contributed by atoms with Crippen LogP contribution in [0.1, 0.15) is 0 Å². The number of nitrogens with one attached hydrogen (secondary N) is 1. The van der Waals surface area contributed by atoms with Gasteiger partial charge in [-0.3, -0.25) is 4.99 Å². The molecule has 1 aromatic carbocycles. The van der Waals surface area contributed by atoms with Crippen LogP contribution in [-0.2, 0) is 9.84 Å². The molecule has 0 saturated carbocycles. The van der Waals surface area contributed by atoms with Gasteiger partial charge in [0, 0.05) is 19.8 Å². The van der Waals surface area contributed by atoms with Crippen LogP contribution in [0.3, 0.4) is 0 Å². The Kier molecular flexibility index (Phi) is 4.49. The predicted molar refractivity (Wildman–Crippen MR) is 78.0 cm³/mol. The normalized spacial score (nSPS) is 15.1. The lowest BCUT2D eigenvalue weighted by atomic mass is 10.3. The molecule has 1 aromatic rings. The first-order chi connectivity index (χ1) is 9.47. The van der Waals surface area contributed by atoms with Gasteiger partial charge in [-0.05, 0) is 24.3 Å². The number of ether oxygens (including phenoxy) is 1. The topological polar surface area (TPSA) is 71.0 Å². The van der Waals surface area contributed by atoms with Crippen molar-refractivity contribution in [1.82, 2.24) is 10.2 Å². The highest BCUT2D eigenvalue weighted by Crippen LogP contribution is 2.15. The maximum atomic E-state index is 11.3. The molecule has 0 atom stereocenters. The van der Waals surface area contributed by atoms with Crippen molar-refractivity contribution in [2.75, 3.05) is 39.5 Å². The Morgan fingerprint density at radius 2 is 2.05 bits per heavy atom. The molecule has 0 radical (unpaired) electrons. The number of guanidine groups is 1. The van der Waals surface area contributed by atoms with Crippen LogP contribution in [0.5, 0.6) is 5.75 Å². The molecule has 1 aliphatic rings. The van der Waals surface area contributed by atoms with Crippen molar-refractivity contribution in [1.29, 1.82) is 0 Å². The average molecular weight is 297 g/mol. The largest absolute Gasteiger partial charge is 0.492 e. The Morgan fingerprint density at radius 1 is 1.35 bits per heavy atom. The predicted octanol–water partition coefficient (Wildman–Crippen LogP) is 0.360. The van der Waals surface area contributed by atoms with Crippen molar-refractivity contribution in [3.8, 4) is 5.75 Å². The van der Waals surface area contributed by atoms with E-state index in [2.05, 4.69) is 15.2 Å². The molecule has 20 heavy (non-hydrogen) atoms. The zero-order valence-electron chi connectivity index (χ0n) is 11.7. The highest BCUT2D eigenvalue weighted by atomic mass is 32.2. The van der Waals surface area contributed by atoms with Crippen molar-refractivity contribution in [3.63, 3.8) is 0 Å². The Hall–Kier alpha value is -1.76. The molecule has 0 unspecified atom stereocenters. The molecule has 2 rings (SSSR count). The summed E-state index contributed by atoms with van der Waals surface area (Å²) in [6.07, 6.45) is 1.19. The van der Waals surface area contributed by atoms with Crippen LogP contribution < -0.4 is 10.1 Å². The van der Waals surface area contributed by atoms with Crippen molar-refractivity contribution < 1.29 is 13.2 Å². The molecule has 0 spiro atoms. The minimum absolute atomic E-state index is 0.296. The lowest BCUT2D eigenvalue weighted by Crippen LogP contribution is -2.37. The first-order valence-electron chi connectivity index (χ1n) is 6.39. The highest BCUT2D eigenvalue weighted by molar-refractivity contribution is 7.90. The Balaban J connectivity index is 1.77. The van der Waals surface area contributed by atoms with Gasteiger partial charge in [0.1, 0.15) is 12.4 Å². The quantitative estimate of drug-likeness (QED) is 0.795. The van der Waals surface area contributed by atoms with E-state index in [1.807, 2.05) is 7.05 Å². The molecule has 6 nitrogen and oxygen atoms in total. The second-order valence-electron chi connectivity index (χ2n) is 4.65. The molecule has 0 aromatic heterocycles. The van der Waals surface area contributed by atoms with E-state index in [1.165, 1.54) is 6.26 Å². The lowest BCUT2D eigenvalue weighted by molar-refractivity contribution is 0.320. The van der Waals surface area contributed by atoms with Crippen LogP contribution in [0.4, 0.5) is 0 Å². The van der Waals surface area contributed by atoms with Gasteiger partial charge >= 0.3 is 0 Å². The number of nitrogens with zero attached hydrogens (tertiary/aromatic N) is 2. The van der Waals surface area contributed by atoms with Crippen LogP contribution in [-0.4, -0.2) is 58.8 Å². The first-order valence-corrected chi connectivity index (χ1v) is 8.28. The Bertz CT molecular complexity index is 581. The Morgan fingerprint density at radius 3 is 2.60 bits per heavy atom. The minimum Gasteiger partial charge on any atom is -0.492 e. The van der Waals surface area contributed by atoms with Gasteiger partial charge in [0.25, 0.3) is 0 Å². The molecule has 110 valence electrons. The van der Waals surface area contributed by atoms with Crippen molar-refractivity contribution in [2.24, 2.45) is 4.99 Å². The number of rotatable bonds is 5. The molecular formula is C13H19N3O3S. The maximum absolute atomic E-state index is 11.3. The number of hydrogen-bond donors (Lipinski definition) is 1. The summed E-state index contributed by atoms with van der Waals surface area (Å²) < 4.78 is 28.2. The number of aliphatic imine (C=N–C) groups is 1. The zero-order valence-corrected chi connectivity index (χ0v) is 12.5. The van der Waals surface area contributed by atoms with E-state index in [0.717, 1.165) is 19.0 Å². The van der Waals surface area contributed by atoms with E-state index in [1.54, 1.807) is 24.3 Å². The second kappa shape index (κ2) is 6.13. The summed E-state index contributed by atoms with van der Waals surface area (Å²) in [4.78, 5) is 6.66. The summed E-state index contributed by atoms with van der Waals surface area (Å²) in [6.45, 7) is 2.91. The van der Waals surface area contributed by atoms with Crippen molar-refractivity contribution >= 4 is 15.8 Å². The van der Waals surface area contributed by atoms with Gasteiger partial charge in [0.15, 0.2) is 15.8 Å². The third kappa shape index (κ3) is 3.86. The number of likely N-dealkylation sites (N-methyl/N-ethyl adjacent to an activating group) is 1. The highest BCUT2D eigenvalue weighted by Gasteiger charge is 2.11. The third-order valence-corrected chi connectivity index (χ3v) is 4.09. The van der Waals surface area contributed by atoms with E-state index in [0.29, 0.717) is 23.8 Å². The van der Waals surface area contributed by atoms with Gasteiger partial charge in [0.2, 0.25) is 0 Å². The smallest absolute Gasteiger partial charge is 0.193 e. The third-order valence-electron chi connectivity index (χ3n) is 2.96. The molecule has 1 N–H and O–H groups in total. The maximum Gasteiger partial charge on any atom is 0.193 e. The van der Waals surface area contributed by atoms with Crippen LogP contribution in [0, 0.1) is 0 Å². The molecule has 7 heteroatoms. The molecule has 0 amide bonds. The van der Waals surface area contributed by atoms with Gasteiger partial charge in [-0.25, -0.2) is 8.42 Å². The van der Waals surface area contributed by atoms with E-state index in [-0.39, 0.29) is 0 Å². The molecule has 0 saturated heterocycles. The van der Waals surface area contributed by atoms with Crippen LogP contribution in [0.2, 0.25) is 0 Å². The van der Waals surface area contributed by atoms with Crippen LogP contribution in [0.15, 0.2) is 34.2 Å². The van der Waals surface area contributed by atoms with Gasteiger partial charge < -0.3 is 15.0 Å². The Labute approximate surface area is 119 Å². The van der Waals surface area contributed by atoms with Crippen LogP contribution >= 0.6 is 0 Å². The van der Waals surface area contributed by atoms with E-state index < -0.39 is 9.84 Å². The summed E-state index contributed by atoms with van der Waals surface area (Å²) in [6, 6.07) is 6.42. The van der Waals surface area contributed by atoms with Crippen molar-refractivity contribution in [3.05, 3.63) is 24.3 Å². The molecule has 0 bridgehead atoms. The van der Waals surface area contributed by atoms with E-state index >= 15 is 0 Å². The molecule has 1 heterocycles. The van der Waals surface area contributed by atoms with Gasteiger partial charge in [-0.15, -0.1) is 0 Å². The van der Waals surface area contributed by atoms with Gasteiger partial charge in [-0.2, -0.15) is 0 Å². The molecule has 0 fully saturated rings. The zero-order chi connectivity index (χ0) is 14.6. The lowest BCUT2D eigenvalue weighted by Gasteiger charge is -2.15. The summed E-state index contributed by atoms with van der Waals surface area (Å²) >= 11 is 0. The molecule has 0 aliphatic carbocycles. The van der Waals surface area contributed by atoms with Gasteiger partial charge in [0.05, 0.1) is 18.0 Å². The second-order valence-corrected chi connectivity index (χ2v) is 6.66. The number of hydrogen-bond acceptors (Lipinski definition) is 6. The fourth-order valence-corrected chi connectivity index (χ4v) is 2.47. The van der Waals surface area contributed by atoms with Crippen molar-refractivity contribution in [2.45, 2.75) is 4.90 Å². The molecular weight excluding hydrogens is 278 g/mol. The van der Waals surface area contributed by atoms with E-state index in [4.69, 9.17) is 4.74 Å². The fourth-order valence-electron chi connectivity index (χ4n) is 1.84. The standard InChI is InChI=1S/C13H19N3O3S/c1-16-9-7-14-13(16)15-8-10-19-11-3-5-12(6-4-11)20(2,17)18/h3-6H,7-10H2,1-2H3,(H,14,15). The van der Waals surface area contributed by atoms with Gasteiger partial charge in [-0.1, -0.05) is 0 Å². The molecule has 1 aliphatic heterocycles. The number of benzene rings is 1. The fraction of sp³-hybridized carbons (Fsp3) is 0.462.